The number of nitrogens with zero attached hydrogens (tertiary/aromatic N) is 1. The second-order valence-corrected chi connectivity index (χ2v) is 9.62. The van der Waals surface area contributed by atoms with Gasteiger partial charge in [0.25, 0.3) is 0 Å². The number of benzene rings is 2. The average molecular weight is 402 g/mol. The van der Waals surface area contributed by atoms with Crippen LogP contribution < -0.4 is 0 Å². The molecule has 2 rings (SSSR count). The highest BCUT2D eigenvalue weighted by Gasteiger charge is 2.29. The molecule has 140 valence electrons. The van der Waals surface area contributed by atoms with E-state index in [2.05, 4.69) is 18.2 Å². The lowest BCUT2D eigenvalue weighted by Crippen LogP contribution is -2.34. The zero-order valence-corrected chi connectivity index (χ0v) is 16.4. The zero-order chi connectivity index (χ0) is 20.1. The topological polar surface area (TPSA) is 71.5 Å². The molecular weight excluding hydrogens is 382 g/mol. The predicted octanol–water partition coefficient (Wildman–Crippen LogP) is 2.76. The maximum atomic E-state index is 12.9. The van der Waals surface area contributed by atoms with Crippen LogP contribution in [0.4, 0.5) is 0 Å². The maximum Gasteiger partial charge on any atom is 0.244 e. The van der Waals surface area contributed by atoms with E-state index < -0.39 is 26.4 Å². The molecule has 27 heavy (non-hydrogen) atoms. The average Bonchev–Trinajstić information content (AvgIpc) is 2.65. The van der Waals surface area contributed by atoms with E-state index >= 15 is 0 Å². The fraction of sp³-hybridized carbons (Fsp3) is 0.150. The van der Waals surface area contributed by atoms with Gasteiger partial charge in [-0.25, -0.2) is 16.8 Å². The minimum atomic E-state index is -3.99. The van der Waals surface area contributed by atoms with Gasteiger partial charge in [-0.1, -0.05) is 48.4 Å². The Morgan fingerprint density at radius 2 is 1.59 bits per heavy atom. The van der Waals surface area contributed by atoms with Crippen molar-refractivity contribution in [3.8, 4) is 12.3 Å². The number of sulfone groups is 1. The lowest BCUT2D eigenvalue weighted by molar-refractivity contribution is 0.474. The molecule has 0 aliphatic carbocycles. The molecule has 0 unspecified atom stereocenters. The highest BCUT2D eigenvalue weighted by atomic mass is 32.2. The van der Waals surface area contributed by atoms with E-state index in [9.17, 15) is 16.8 Å². The summed E-state index contributed by atoms with van der Waals surface area (Å²) < 4.78 is 52.4. The Bertz CT molecular complexity index is 1100. The van der Waals surface area contributed by atoms with Crippen LogP contribution in [-0.4, -0.2) is 34.2 Å². The Morgan fingerprint density at radius 1 is 1.00 bits per heavy atom. The van der Waals surface area contributed by atoms with Crippen LogP contribution in [0.5, 0.6) is 0 Å². The van der Waals surface area contributed by atoms with Crippen molar-refractivity contribution in [2.24, 2.45) is 0 Å². The summed E-state index contributed by atoms with van der Waals surface area (Å²) in [5.41, 5.74) is 3.27. The van der Waals surface area contributed by atoms with Crippen molar-refractivity contribution in [2.75, 3.05) is 13.1 Å². The molecular formula is C20H19NO4S2. The Kier molecular flexibility index (Phi) is 6.42. The molecule has 0 fully saturated rings. The molecule has 0 atom stereocenters. The normalized spacial score (nSPS) is 11.6. The van der Waals surface area contributed by atoms with Gasteiger partial charge in [-0.05, 0) is 31.2 Å². The molecule has 2 aromatic rings. The van der Waals surface area contributed by atoms with Crippen molar-refractivity contribution in [3.63, 3.8) is 0 Å². The summed E-state index contributed by atoms with van der Waals surface area (Å²) in [6, 6.07) is 13.9. The molecule has 0 saturated carbocycles. The van der Waals surface area contributed by atoms with E-state index in [4.69, 9.17) is 6.42 Å². The van der Waals surface area contributed by atoms with Gasteiger partial charge in [0.1, 0.15) is 4.91 Å². The molecule has 0 amide bonds. The van der Waals surface area contributed by atoms with Gasteiger partial charge in [0.2, 0.25) is 19.9 Å². The molecule has 7 heteroatoms. The number of hydrogen-bond acceptors (Lipinski definition) is 4. The molecule has 0 bridgehead atoms. The fourth-order valence-corrected chi connectivity index (χ4v) is 5.04. The minimum Gasteiger partial charge on any atom is -0.218 e. The third-order valence-electron chi connectivity index (χ3n) is 3.82. The smallest absolute Gasteiger partial charge is 0.218 e. The van der Waals surface area contributed by atoms with E-state index in [0.717, 1.165) is 9.87 Å². The van der Waals surface area contributed by atoms with Crippen molar-refractivity contribution in [1.82, 2.24) is 4.31 Å². The third-order valence-corrected chi connectivity index (χ3v) is 7.44. The van der Waals surface area contributed by atoms with Gasteiger partial charge < -0.3 is 0 Å². The van der Waals surface area contributed by atoms with Crippen LogP contribution in [0.2, 0.25) is 0 Å². The number of terminal acetylenes is 1. The fourth-order valence-electron chi connectivity index (χ4n) is 2.32. The summed E-state index contributed by atoms with van der Waals surface area (Å²) >= 11 is 0. The lowest BCUT2D eigenvalue weighted by atomic mass is 10.2. The van der Waals surface area contributed by atoms with Gasteiger partial charge in [-0.2, -0.15) is 4.31 Å². The van der Waals surface area contributed by atoms with E-state index in [0.29, 0.717) is 0 Å². The largest absolute Gasteiger partial charge is 0.244 e. The van der Waals surface area contributed by atoms with Crippen LogP contribution in [0.25, 0.3) is 0 Å². The van der Waals surface area contributed by atoms with E-state index in [1.165, 1.54) is 24.3 Å². The second kappa shape index (κ2) is 8.38. The first kappa shape index (κ1) is 20.7. The molecule has 0 spiro atoms. The van der Waals surface area contributed by atoms with Crippen molar-refractivity contribution in [1.29, 1.82) is 0 Å². The van der Waals surface area contributed by atoms with Gasteiger partial charge in [0.15, 0.2) is 0 Å². The van der Waals surface area contributed by atoms with Crippen molar-refractivity contribution in [3.05, 3.63) is 77.4 Å². The van der Waals surface area contributed by atoms with Crippen LogP contribution in [0, 0.1) is 19.3 Å². The molecule has 0 aliphatic heterocycles. The van der Waals surface area contributed by atoms with Crippen molar-refractivity contribution < 1.29 is 16.8 Å². The number of hydrogen-bond donors (Lipinski definition) is 0. The quantitative estimate of drug-likeness (QED) is 0.528. The van der Waals surface area contributed by atoms with Gasteiger partial charge in [-0.3, -0.25) is 0 Å². The maximum absolute atomic E-state index is 12.9. The van der Waals surface area contributed by atoms with E-state index in [1.54, 1.807) is 30.3 Å². The summed E-state index contributed by atoms with van der Waals surface area (Å²) in [5.74, 6) is 2.27. The first-order chi connectivity index (χ1) is 12.7. The third kappa shape index (κ3) is 4.57. The Morgan fingerprint density at radius 3 is 2.11 bits per heavy atom. The Balaban J connectivity index is 2.44. The highest BCUT2D eigenvalue weighted by molar-refractivity contribution is 7.95. The molecule has 0 heterocycles. The van der Waals surface area contributed by atoms with Crippen LogP contribution in [0.15, 0.2) is 81.6 Å². The van der Waals surface area contributed by atoms with E-state index in [1.807, 2.05) is 6.92 Å². The van der Waals surface area contributed by atoms with Gasteiger partial charge >= 0.3 is 0 Å². The predicted molar refractivity (Wildman–Crippen MR) is 105 cm³/mol. The standard InChI is InChI=1S/C20H19NO4S2/c1-4-15-21(27(24,25)20-13-11-17(3)12-14-20)16-18(5-2)26(22,23)19-9-7-6-8-10-19/h1,6-14H,2,15-16H2,3H3. The van der Waals surface area contributed by atoms with Crippen LogP contribution >= 0.6 is 0 Å². The summed E-state index contributed by atoms with van der Waals surface area (Å²) in [7, 11) is -7.94. The Hall–Kier alpha value is -2.62. The molecule has 0 aromatic heterocycles. The zero-order valence-electron chi connectivity index (χ0n) is 14.8. The molecule has 5 nitrogen and oxygen atoms in total. The minimum absolute atomic E-state index is 0.0314. The van der Waals surface area contributed by atoms with Gasteiger partial charge in [-0.15, -0.1) is 12.2 Å². The second-order valence-electron chi connectivity index (χ2n) is 5.71. The number of rotatable bonds is 7. The SMILES string of the molecule is C#CCN(CC(=C=C)S(=O)(=O)c1ccccc1)S(=O)(=O)c1ccc(C)cc1. The van der Waals surface area contributed by atoms with Crippen LogP contribution in [-0.2, 0) is 19.9 Å². The number of sulfonamides is 1. The number of aryl methyl sites for hydroxylation is 1. The first-order valence-electron chi connectivity index (χ1n) is 7.93. The van der Waals surface area contributed by atoms with Crippen LogP contribution in [0.1, 0.15) is 5.56 Å². The molecule has 0 saturated heterocycles. The summed E-state index contributed by atoms with van der Waals surface area (Å²) in [6.45, 7) is 4.51. The molecule has 0 radical (unpaired) electrons. The molecule has 0 N–H and O–H groups in total. The molecule has 2 aromatic carbocycles. The van der Waals surface area contributed by atoms with E-state index in [-0.39, 0.29) is 21.2 Å². The highest BCUT2D eigenvalue weighted by Crippen LogP contribution is 2.22. The lowest BCUT2D eigenvalue weighted by Gasteiger charge is -2.21. The van der Waals surface area contributed by atoms with Gasteiger partial charge in [0, 0.05) is 0 Å². The van der Waals surface area contributed by atoms with Crippen LogP contribution in [0.3, 0.4) is 0 Å². The summed E-state index contributed by atoms with van der Waals surface area (Å²) in [5, 5.41) is 0. The summed E-state index contributed by atoms with van der Waals surface area (Å²) in [4.78, 5) is -0.201. The van der Waals surface area contributed by atoms with Crippen molar-refractivity contribution >= 4 is 19.9 Å². The van der Waals surface area contributed by atoms with Crippen molar-refractivity contribution in [2.45, 2.75) is 16.7 Å². The Labute approximate surface area is 160 Å². The summed E-state index contributed by atoms with van der Waals surface area (Å²) in [6.07, 6.45) is 5.31. The first-order valence-corrected chi connectivity index (χ1v) is 10.8. The molecule has 0 aliphatic rings. The monoisotopic (exact) mass is 401 g/mol. The van der Waals surface area contributed by atoms with Gasteiger partial charge in [0.05, 0.1) is 22.9 Å².